The molecule has 0 spiro atoms. The molecule has 0 aromatic heterocycles. The first kappa shape index (κ1) is 30.4. The number of halogens is 4. The zero-order chi connectivity index (χ0) is 28.5. The molecule has 2 aliphatic rings. The number of unbranched alkanes of at least 4 members (excludes halogenated alkanes) is 1. The van der Waals surface area contributed by atoms with Crippen LogP contribution >= 0.6 is 0 Å². The van der Waals surface area contributed by atoms with Crippen LogP contribution in [0.5, 0.6) is 5.75 Å². The zero-order valence-electron chi connectivity index (χ0n) is 23.4. The van der Waals surface area contributed by atoms with Gasteiger partial charge in [-0.25, -0.2) is 0 Å². The van der Waals surface area contributed by atoms with Gasteiger partial charge >= 0.3 is 6.18 Å². The number of hydrogen-bond donors (Lipinski definition) is 1. The molecule has 2 aromatic rings. The largest absolute Gasteiger partial charge is 0.493 e. The Morgan fingerprint density at radius 1 is 1.05 bits per heavy atom. The van der Waals surface area contributed by atoms with Crippen molar-refractivity contribution in [1.29, 1.82) is 0 Å². The molecule has 3 atom stereocenters. The highest BCUT2D eigenvalue weighted by Gasteiger charge is 2.45. The second-order valence-electron chi connectivity index (χ2n) is 11.2. The molecule has 0 bridgehead atoms. The Morgan fingerprint density at radius 2 is 1.80 bits per heavy atom. The van der Waals surface area contributed by atoms with E-state index in [0.29, 0.717) is 11.3 Å². The molecule has 40 heavy (non-hydrogen) atoms. The number of rotatable bonds is 12. The van der Waals surface area contributed by atoms with Crippen molar-refractivity contribution < 1.29 is 27.1 Å². The molecule has 1 aliphatic carbocycles. The van der Waals surface area contributed by atoms with Gasteiger partial charge in [0, 0.05) is 36.5 Å². The highest BCUT2D eigenvalue weighted by atomic mass is 19.4. The van der Waals surface area contributed by atoms with Crippen LogP contribution in [0.4, 0.5) is 17.6 Å². The van der Waals surface area contributed by atoms with E-state index in [1.807, 2.05) is 30.3 Å². The molecule has 1 aliphatic heterocycles. The number of likely N-dealkylation sites (tertiary alicyclic amines) is 1. The van der Waals surface area contributed by atoms with E-state index in [0.717, 1.165) is 69.1 Å². The summed E-state index contributed by atoms with van der Waals surface area (Å²) in [5.41, 5.74) is 0.664. The molecule has 1 amide bonds. The van der Waals surface area contributed by atoms with Crippen molar-refractivity contribution in [2.45, 2.75) is 102 Å². The zero-order valence-corrected chi connectivity index (χ0v) is 23.4. The fourth-order valence-corrected chi connectivity index (χ4v) is 6.28. The maximum Gasteiger partial charge on any atom is 0.416 e. The van der Waals surface area contributed by atoms with E-state index >= 15 is 0 Å². The van der Waals surface area contributed by atoms with E-state index in [1.54, 1.807) is 0 Å². The van der Waals surface area contributed by atoms with E-state index in [2.05, 4.69) is 17.1 Å². The van der Waals surface area contributed by atoms with E-state index in [-0.39, 0.29) is 49.5 Å². The number of hydrogen-bond acceptors (Lipinski definition) is 3. The van der Waals surface area contributed by atoms with Crippen molar-refractivity contribution in [2.75, 3.05) is 13.3 Å². The number of ether oxygens (including phenoxy) is 1. The molecular weight excluding hydrogens is 520 g/mol. The molecule has 4 nitrogen and oxygen atoms in total. The van der Waals surface area contributed by atoms with Crippen LogP contribution in [0.2, 0.25) is 0 Å². The van der Waals surface area contributed by atoms with Crippen molar-refractivity contribution in [3.05, 3.63) is 65.2 Å². The van der Waals surface area contributed by atoms with Crippen LogP contribution in [-0.2, 0) is 17.5 Å². The summed E-state index contributed by atoms with van der Waals surface area (Å²) in [5.74, 6) is 0.566. The molecule has 220 valence electrons. The van der Waals surface area contributed by atoms with Crippen LogP contribution in [0.25, 0.3) is 0 Å². The SMILES string of the molecule is CCCCC1CC(NCc2cc(C(F)(F)F)ccc2OCCCF)C(c2ccccc2)N1C(=O)C1CCCCC1. The summed E-state index contributed by atoms with van der Waals surface area (Å²) in [4.78, 5) is 16.2. The van der Waals surface area contributed by atoms with Crippen LogP contribution in [0.3, 0.4) is 0 Å². The smallest absolute Gasteiger partial charge is 0.416 e. The Labute approximate surface area is 235 Å². The van der Waals surface area contributed by atoms with Gasteiger partial charge in [-0.1, -0.05) is 69.4 Å². The van der Waals surface area contributed by atoms with Gasteiger partial charge in [-0.2, -0.15) is 13.2 Å². The third kappa shape index (κ3) is 7.56. The molecule has 3 unspecified atom stereocenters. The lowest BCUT2D eigenvalue weighted by molar-refractivity contribution is -0.140. The highest BCUT2D eigenvalue weighted by Crippen LogP contribution is 2.42. The number of benzene rings is 2. The van der Waals surface area contributed by atoms with E-state index in [1.165, 1.54) is 12.5 Å². The van der Waals surface area contributed by atoms with Gasteiger partial charge in [0.15, 0.2) is 0 Å². The van der Waals surface area contributed by atoms with Gasteiger partial charge < -0.3 is 15.0 Å². The predicted molar refractivity (Wildman–Crippen MR) is 149 cm³/mol. The van der Waals surface area contributed by atoms with Gasteiger partial charge in [0.05, 0.1) is 24.9 Å². The van der Waals surface area contributed by atoms with Gasteiger partial charge in [-0.05, 0) is 49.4 Å². The molecule has 1 saturated carbocycles. The lowest BCUT2D eigenvalue weighted by Gasteiger charge is -2.36. The summed E-state index contributed by atoms with van der Waals surface area (Å²) in [6, 6.07) is 13.1. The summed E-state index contributed by atoms with van der Waals surface area (Å²) in [5, 5.41) is 3.53. The maximum atomic E-state index is 14.1. The summed E-state index contributed by atoms with van der Waals surface area (Å²) < 4.78 is 59.0. The van der Waals surface area contributed by atoms with Gasteiger partial charge in [0.25, 0.3) is 0 Å². The number of nitrogens with zero attached hydrogens (tertiary/aromatic N) is 1. The van der Waals surface area contributed by atoms with Crippen molar-refractivity contribution in [3.8, 4) is 5.75 Å². The minimum Gasteiger partial charge on any atom is -0.493 e. The van der Waals surface area contributed by atoms with Crippen LogP contribution in [0, 0.1) is 5.92 Å². The first-order valence-electron chi connectivity index (χ1n) is 14.8. The average Bonchev–Trinajstić information content (AvgIpc) is 3.33. The number of carbonyl (C=O) groups excluding carboxylic acids is 1. The lowest BCUT2D eigenvalue weighted by Crippen LogP contribution is -2.44. The van der Waals surface area contributed by atoms with E-state index < -0.39 is 18.4 Å². The summed E-state index contributed by atoms with van der Waals surface area (Å²) in [7, 11) is 0. The fourth-order valence-electron chi connectivity index (χ4n) is 6.28. The van der Waals surface area contributed by atoms with Crippen molar-refractivity contribution in [2.24, 2.45) is 5.92 Å². The molecule has 1 heterocycles. The molecule has 2 aromatic carbocycles. The minimum atomic E-state index is -4.49. The monoisotopic (exact) mass is 562 g/mol. The first-order chi connectivity index (χ1) is 19.3. The molecule has 1 N–H and O–H groups in total. The third-order valence-corrected chi connectivity index (χ3v) is 8.32. The fraction of sp³-hybridized carbons (Fsp3) is 0.594. The normalized spacial score (nSPS) is 22.0. The predicted octanol–water partition coefficient (Wildman–Crippen LogP) is 8.01. The maximum absolute atomic E-state index is 14.1. The number of amides is 1. The van der Waals surface area contributed by atoms with Crippen LogP contribution in [0.1, 0.15) is 93.9 Å². The topological polar surface area (TPSA) is 41.6 Å². The Hall–Kier alpha value is -2.61. The molecule has 2 fully saturated rings. The quantitative estimate of drug-likeness (QED) is 0.210. The number of nitrogens with one attached hydrogen (secondary N) is 1. The van der Waals surface area contributed by atoms with Gasteiger partial charge in [-0.15, -0.1) is 0 Å². The minimum absolute atomic E-state index is 0.0295. The van der Waals surface area contributed by atoms with Crippen LogP contribution < -0.4 is 10.1 Å². The standard InChI is InChI=1S/C32H42F4N2O2/c1-2-3-15-27-21-28(37-22-25-20-26(32(34,35)36)16-17-29(25)40-19-10-18-33)30(23-11-6-4-7-12-23)38(27)31(39)24-13-8-5-9-14-24/h4,6-7,11-12,16-17,20,24,27-28,30,37H,2-3,5,8-10,13-15,18-19,21-22H2,1H3. The summed E-state index contributed by atoms with van der Waals surface area (Å²) in [6.07, 6.45) is 4.50. The summed E-state index contributed by atoms with van der Waals surface area (Å²) in [6.45, 7) is 1.83. The molecule has 8 heteroatoms. The van der Waals surface area contributed by atoms with Gasteiger partial charge in [0.1, 0.15) is 5.75 Å². The lowest BCUT2D eigenvalue weighted by atomic mass is 9.87. The van der Waals surface area contributed by atoms with Gasteiger partial charge in [-0.3, -0.25) is 9.18 Å². The molecule has 1 saturated heterocycles. The highest BCUT2D eigenvalue weighted by molar-refractivity contribution is 5.80. The molecule has 4 rings (SSSR count). The average molecular weight is 563 g/mol. The molecular formula is C32H42F4N2O2. The van der Waals surface area contributed by atoms with Crippen LogP contribution in [-0.4, -0.2) is 36.2 Å². The third-order valence-electron chi connectivity index (χ3n) is 8.32. The Balaban J connectivity index is 1.63. The van der Waals surface area contributed by atoms with E-state index in [9.17, 15) is 22.4 Å². The Bertz CT molecular complexity index is 1070. The van der Waals surface area contributed by atoms with Crippen LogP contribution in [0.15, 0.2) is 48.5 Å². The summed E-state index contributed by atoms with van der Waals surface area (Å²) >= 11 is 0. The van der Waals surface area contributed by atoms with E-state index in [4.69, 9.17) is 4.74 Å². The van der Waals surface area contributed by atoms with Gasteiger partial charge in [0.2, 0.25) is 5.91 Å². The number of carbonyl (C=O) groups is 1. The Morgan fingerprint density at radius 3 is 2.48 bits per heavy atom. The van der Waals surface area contributed by atoms with Crippen molar-refractivity contribution >= 4 is 5.91 Å². The molecule has 0 radical (unpaired) electrons. The number of alkyl halides is 4. The first-order valence-corrected chi connectivity index (χ1v) is 14.8. The van der Waals surface area contributed by atoms with Crippen molar-refractivity contribution in [1.82, 2.24) is 10.2 Å². The second kappa shape index (κ2) is 14.3. The van der Waals surface area contributed by atoms with Crippen molar-refractivity contribution in [3.63, 3.8) is 0 Å². The Kier molecular flexibility index (Phi) is 10.9. The second-order valence-corrected chi connectivity index (χ2v) is 11.2.